The molecule has 18 heavy (non-hydrogen) atoms. The number of aliphatic hydroxyl groups is 1. The number of hydrogen-bond acceptors (Lipinski definition) is 1. The molecule has 0 fully saturated rings. The van der Waals surface area contributed by atoms with Gasteiger partial charge in [-0.25, -0.2) is 8.78 Å². The molecule has 0 aliphatic carbocycles. The molecule has 0 bridgehead atoms. The third-order valence-electron chi connectivity index (χ3n) is 3.36. The van der Waals surface area contributed by atoms with Crippen molar-refractivity contribution >= 4 is 0 Å². The molecule has 102 valence electrons. The second-order valence-corrected chi connectivity index (χ2v) is 4.86. The van der Waals surface area contributed by atoms with Crippen LogP contribution in [0.15, 0.2) is 18.2 Å². The molecule has 0 unspecified atom stereocenters. The summed E-state index contributed by atoms with van der Waals surface area (Å²) in [6.45, 7) is 3.50. The number of aliphatic hydroxyl groups excluding tert-OH is 1. The molecule has 0 saturated carbocycles. The van der Waals surface area contributed by atoms with E-state index in [2.05, 4.69) is 6.92 Å². The fourth-order valence-electron chi connectivity index (χ4n) is 2.17. The highest BCUT2D eigenvalue weighted by molar-refractivity contribution is 5.28. The van der Waals surface area contributed by atoms with Crippen LogP contribution in [-0.2, 0) is 5.67 Å². The van der Waals surface area contributed by atoms with Gasteiger partial charge in [0.25, 0.3) is 0 Å². The Hall–Kier alpha value is -0.960. The van der Waals surface area contributed by atoms with E-state index in [1.54, 1.807) is 13.0 Å². The number of alkyl halides is 1. The molecule has 3 heteroatoms. The molecule has 0 aliphatic heterocycles. The second-order valence-electron chi connectivity index (χ2n) is 4.86. The van der Waals surface area contributed by atoms with Crippen LogP contribution in [0.3, 0.4) is 0 Å². The molecule has 0 amide bonds. The summed E-state index contributed by atoms with van der Waals surface area (Å²) >= 11 is 0. The van der Waals surface area contributed by atoms with Crippen LogP contribution in [0.5, 0.6) is 0 Å². The van der Waals surface area contributed by atoms with E-state index in [9.17, 15) is 8.78 Å². The largest absolute Gasteiger partial charge is 0.396 e. The van der Waals surface area contributed by atoms with Gasteiger partial charge in [0.1, 0.15) is 11.5 Å². The van der Waals surface area contributed by atoms with Gasteiger partial charge in [-0.2, -0.15) is 0 Å². The monoisotopic (exact) mass is 256 g/mol. The first-order chi connectivity index (χ1) is 8.53. The van der Waals surface area contributed by atoms with Crippen LogP contribution in [0.4, 0.5) is 8.78 Å². The maximum absolute atomic E-state index is 14.9. The van der Waals surface area contributed by atoms with E-state index in [4.69, 9.17) is 5.11 Å². The minimum Gasteiger partial charge on any atom is -0.396 e. The Labute approximate surface area is 108 Å². The topological polar surface area (TPSA) is 20.2 Å². The standard InChI is InChI=1S/C15H22F2O/c1-3-4-5-8-15(17,9-10-18)13-6-7-14(16)12(2)11-13/h6-7,11,18H,3-5,8-10H2,1-2H3/t15-/m1/s1. The van der Waals surface area contributed by atoms with Crippen LogP contribution < -0.4 is 0 Å². The Kier molecular flexibility index (Phi) is 5.73. The Morgan fingerprint density at radius 1 is 1.22 bits per heavy atom. The lowest BCUT2D eigenvalue weighted by Crippen LogP contribution is -2.22. The fourth-order valence-corrected chi connectivity index (χ4v) is 2.17. The van der Waals surface area contributed by atoms with Gasteiger partial charge in [-0.1, -0.05) is 25.8 Å². The predicted octanol–water partition coefficient (Wildman–Crippen LogP) is 4.26. The van der Waals surface area contributed by atoms with Crippen LogP contribution in [0.2, 0.25) is 0 Å². The van der Waals surface area contributed by atoms with E-state index in [1.165, 1.54) is 12.1 Å². The predicted molar refractivity (Wildman–Crippen MR) is 69.8 cm³/mol. The van der Waals surface area contributed by atoms with E-state index < -0.39 is 5.67 Å². The minimum absolute atomic E-state index is 0.0712. The van der Waals surface area contributed by atoms with Crippen molar-refractivity contribution < 1.29 is 13.9 Å². The quantitative estimate of drug-likeness (QED) is 0.723. The van der Waals surface area contributed by atoms with E-state index in [0.717, 1.165) is 19.3 Å². The third kappa shape index (κ3) is 3.77. The van der Waals surface area contributed by atoms with Crippen molar-refractivity contribution in [2.45, 2.75) is 51.6 Å². The number of hydrogen-bond donors (Lipinski definition) is 1. The fraction of sp³-hybridized carbons (Fsp3) is 0.600. The van der Waals surface area contributed by atoms with Crippen LogP contribution >= 0.6 is 0 Å². The zero-order valence-corrected chi connectivity index (χ0v) is 11.2. The number of rotatable bonds is 7. The van der Waals surface area contributed by atoms with Crippen molar-refractivity contribution in [3.05, 3.63) is 35.1 Å². The van der Waals surface area contributed by atoms with Gasteiger partial charge in [-0.3, -0.25) is 0 Å². The van der Waals surface area contributed by atoms with E-state index in [0.29, 0.717) is 17.5 Å². The summed E-state index contributed by atoms with van der Waals surface area (Å²) < 4.78 is 28.1. The summed E-state index contributed by atoms with van der Waals surface area (Å²) in [5.74, 6) is -0.321. The van der Waals surface area contributed by atoms with Gasteiger partial charge >= 0.3 is 0 Å². The smallest absolute Gasteiger partial charge is 0.138 e. The number of aryl methyl sites for hydroxylation is 1. The molecule has 1 aromatic rings. The lowest BCUT2D eigenvalue weighted by atomic mass is 9.86. The van der Waals surface area contributed by atoms with E-state index in [-0.39, 0.29) is 18.8 Å². The Bertz CT molecular complexity index is 379. The van der Waals surface area contributed by atoms with Crippen molar-refractivity contribution in [3.63, 3.8) is 0 Å². The van der Waals surface area contributed by atoms with Gasteiger partial charge in [0, 0.05) is 13.0 Å². The van der Waals surface area contributed by atoms with Crippen LogP contribution in [0.25, 0.3) is 0 Å². The zero-order chi connectivity index (χ0) is 13.6. The molecule has 1 aromatic carbocycles. The highest BCUT2D eigenvalue weighted by atomic mass is 19.1. The molecule has 0 saturated heterocycles. The lowest BCUT2D eigenvalue weighted by Gasteiger charge is -2.25. The number of halogens is 2. The Morgan fingerprint density at radius 3 is 2.50 bits per heavy atom. The van der Waals surface area contributed by atoms with Gasteiger partial charge < -0.3 is 5.11 Å². The summed E-state index contributed by atoms with van der Waals surface area (Å²) in [4.78, 5) is 0. The van der Waals surface area contributed by atoms with Gasteiger partial charge in [-0.15, -0.1) is 0 Å². The molecule has 0 spiro atoms. The third-order valence-corrected chi connectivity index (χ3v) is 3.36. The molecule has 0 radical (unpaired) electrons. The Balaban J connectivity index is 2.90. The average Bonchev–Trinajstić information content (AvgIpc) is 2.33. The van der Waals surface area contributed by atoms with Gasteiger partial charge in [0.15, 0.2) is 0 Å². The van der Waals surface area contributed by atoms with E-state index >= 15 is 0 Å². The summed E-state index contributed by atoms with van der Waals surface area (Å²) in [6, 6.07) is 4.34. The first kappa shape index (κ1) is 15.1. The molecular weight excluding hydrogens is 234 g/mol. The molecule has 1 atom stereocenters. The van der Waals surface area contributed by atoms with Crippen molar-refractivity contribution in [3.8, 4) is 0 Å². The molecule has 1 nitrogen and oxygen atoms in total. The molecular formula is C15H22F2O. The van der Waals surface area contributed by atoms with Gasteiger partial charge in [-0.05, 0) is 43.0 Å². The van der Waals surface area contributed by atoms with Crippen LogP contribution in [0.1, 0.15) is 50.2 Å². The molecule has 0 aliphatic rings. The molecule has 1 N–H and O–H groups in total. The summed E-state index contributed by atoms with van der Waals surface area (Å²) in [5, 5.41) is 9.03. The molecule has 1 rings (SSSR count). The SMILES string of the molecule is CCCCC[C@@](F)(CCO)c1ccc(F)c(C)c1. The normalized spacial score (nSPS) is 14.5. The highest BCUT2D eigenvalue weighted by Crippen LogP contribution is 2.36. The molecule has 0 aromatic heterocycles. The second kappa shape index (κ2) is 6.83. The van der Waals surface area contributed by atoms with Gasteiger partial charge in [0.2, 0.25) is 0 Å². The summed E-state index contributed by atoms with van der Waals surface area (Å²) in [5.41, 5.74) is -0.614. The van der Waals surface area contributed by atoms with Crippen molar-refractivity contribution in [2.75, 3.05) is 6.61 Å². The minimum atomic E-state index is -1.54. The number of benzene rings is 1. The first-order valence-electron chi connectivity index (χ1n) is 6.60. The van der Waals surface area contributed by atoms with Crippen LogP contribution in [-0.4, -0.2) is 11.7 Å². The maximum atomic E-state index is 14.9. The first-order valence-corrected chi connectivity index (χ1v) is 6.60. The van der Waals surface area contributed by atoms with Gasteiger partial charge in [0.05, 0.1) is 0 Å². The maximum Gasteiger partial charge on any atom is 0.138 e. The van der Waals surface area contributed by atoms with E-state index in [1.807, 2.05) is 0 Å². The average molecular weight is 256 g/mol. The highest BCUT2D eigenvalue weighted by Gasteiger charge is 2.31. The molecule has 0 heterocycles. The summed E-state index contributed by atoms with van der Waals surface area (Å²) in [7, 11) is 0. The number of unbranched alkanes of at least 4 members (excludes halogenated alkanes) is 2. The summed E-state index contributed by atoms with van der Waals surface area (Å²) in [6.07, 6.45) is 3.23. The van der Waals surface area contributed by atoms with Crippen molar-refractivity contribution in [1.82, 2.24) is 0 Å². The van der Waals surface area contributed by atoms with Crippen LogP contribution in [0, 0.1) is 12.7 Å². The Morgan fingerprint density at radius 2 is 1.94 bits per heavy atom. The lowest BCUT2D eigenvalue weighted by molar-refractivity contribution is 0.0994. The zero-order valence-electron chi connectivity index (χ0n) is 11.2. The van der Waals surface area contributed by atoms with Crippen molar-refractivity contribution in [2.24, 2.45) is 0 Å². The van der Waals surface area contributed by atoms with Crippen molar-refractivity contribution in [1.29, 1.82) is 0 Å².